The Labute approximate surface area is 163 Å². The molecule has 2 aromatic heterocycles. The summed E-state index contributed by atoms with van der Waals surface area (Å²) in [5.74, 6) is 0.884. The lowest BCUT2D eigenvalue weighted by Crippen LogP contribution is -2.32. The van der Waals surface area contributed by atoms with E-state index in [0.29, 0.717) is 12.2 Å². The van der Waals surface area contributed by atoms with Crippen LogP contribution in [0.4, 0.5) is 5.82 Å². The molecule has 1 amide bonds. The fourth-order valence-electron chi connectivity index (χ4n) is 4.36. The van der Waals surface area contributed by atoms with E-state index in [1.807, 2.05) is 29.2 Å². The molecule has 1 fully saturated rings. The van der Waals surface area contributed by atoms with Gasteiger partial charge in [-0.2, -0.15) is 5.10 Å². The highest BCUT2D eigenvalue weighted by molar-refractivity contribution is 5.94. The number of H-pyrrole nitrogens is 1. The third-order valence-electron chi connectivity index (χ3n) is 5.87. The molecule has 28 heavy (non-hydrogen) atoms. The highest BCUT2D eigenvalue weighted by Crippen LogP contribution is 2.25. The number of aryl methyl sites for hydroxylation is 1. The van der Waals surface area contributed by atoms with Gasteiger partial charge in [0.1, 0.15) is 12.1 Å². The molecule has 1 atom stereocenters. The fourth-order valence-corrected chi connectivity index (χ4v) is 4.36. The lowest BCUT2D eigenvalue weighted by Gasteiger charge is -2.17. The standard InChI is InChI=1S/C21H24N6O/c28-21(19-15-6-2-1-3-9-18(15)25-26-19)27-11-10-14(12-27)24-20-16-7-4-5-8-17(16)22-13-23-20/h4-5,7-8,13-14H,1-3,6,9-12H2,(H,25,26)(H,22,23,24)/t14-/m1/s1. The molecule has 1 saturated heterocycles. The number of para-hydroxylation sites is 1. The summed E-state index contributed by atoms with van der Waals surface area (Å²) in [6.45, 7) is 1.40. The molecule has 2 aliphatic rings. The summed E-state index contributed by atoms with van der Waals surface area (Å²) in [5.41, 5.74) is 3.85. The Morgan fingerprint density at radius 3 is 3.00 bits per heavy atom. The van der Waals surface area contributed by atoms with Gasteiger partial charge in [-0.15, -0.1) is 0 Å². The number of hydrogen-bond donors (Lipinski definition) is 2. The largest absolute Gasteiger partial charge is 0.365 e. The Morgan fingerprint density at radius 1 is 1.14 bits per heavy atom. The van der Waals surface area contributed by atoms with Crippen LogP contribution in [0.1, 0.15) is 47.4 Å². The van der Waals surface area contributed by atoms with Crippen molar-refractivity contribution in [2.45, 2.75) is 44.6 Å². The number of likely N-dealkylation sites (tertiary alicyclic amines) is 1. The molecule has 0 spiro atoms. The van der Waals surface area contributed by atoms with Gasteiger partial charge in [0.2, 0.25) is 0 Å². The van der Waals surface area contributed by atoms with Gasteiger partial charge >= 0.3 is 0 Å². The first-order chi connectivity index (χ1) is 13.8. The highest BCUT2D eigenvalue weighted by atomic mass is 16.2. The summed E-state index contributed by atoms with van der Waals surface area (Å²) in [7, 11) is 0. The third-order valence-corrected chi connectivity index (χ3v) is 5.87. The molecular formula is C21H24N6O. The van der Waals surface area contributed by atoms with Crippen LogP contribution in [0.5, 0.6) is 0 Å². The first-order valence-corrected chi connectivity index (χ1v) is 10.1. The monoisotopic (exact) mass is 376 g/mol. The maximum Gasteiger partial charge on any atom is 0.274 e. The Hall–Kier alpha value is -2.96. The van der Waals surface area contributed by atoms with Crippen LogP contribution in [0, 0.1) is 0 Å². The molecule has 1 aliphatic carbocycles. The van der Waals surface area contributed by atoms with Crippen molar-refractivity contribution in [1.82, 2.24) is 25.1 Å². The van der Waals surface area contributed by atoms with Gasteiger partial charge in [-0.1, -0.05) is 18.6 Å². The number of carbonyl (C=O) groups excluding carboxylic acids is 1. The molecular weight excluding hydrogens is 352 g/mol. The zero-order chi connectivity index (χ0) is 18.9. The predicted molar refractivity (Wildman–Crippen MR) is 107 cm³/mol. The molecule has 0 radical (unpaired) electrons. The van der Waals surface area contributed by atoms with Crippen LogP contribution in [0.15, 0.2) is 30.6 Å². The molecule has 3 aromatic rings. The average Bonchev–Trinajstić information content (AvgIpc) is 3.29. The molecule has 1 aromatic carbocycles. The van der Waals surface area contributed by atoms with Gasteiger partial charge in [0.05, 0.1) is 5.52 Å². The van der Waals surface area contributed by atoms with Crippen molar-refractivity contribution in [3.8, 4) is 0 Å². The van der Waals surface area contributed by atoms with E-state index >= 15 is 0 Å². The molecule has 1 aliphatic heterocycles. The molecule has 3 heterocycles. The van der Waals surface area contributed by atoms with Crippen LogP contribution in [-0.2, 0) is 12.8 Å². The van der Waals surface area contributed by atoms with Crippen molar-refractivity contribution >= 4 is 22.6 Å². The minimum atomic E-state index is 0.0521. The van der Waals surface area contributed by atoms with Crippen molar-refractivity contribution in [3.05, 3.63) is 47.5 Å². The molecule has 5 rings (SSSR count). The summed E-state index contributed by atoms with van der Waals surface area (Å²) in [6, 6.07) is 8.15. The molecule has 0 saturated carbocycles. The number of aromatic nitrogens is 4. The first-order valence-electron chi connectivity index (χ1n) is 10.1. The summed E-state index contributed by atoms with van der Waals surface area (Å²) in [5, 5.41) is 12.0. The minimum Gasteiger partial charge on any atom is -0.365 e. The normalized spacial score (nSPS) is 19.4. The van der Waals surface area contributed by atoms with Gasteiger partial charge in [-0.3, -0.25) is 9.89 Å². The number of aromatic amines is 1. The van der Waals surface area contributed by atoms with Crippen LogP contribution >= 0.6 is 0 Å². The van der Waals surface area contributed by atoms with E-state index in [2.05, 4.69) is 25.5 Å². The van der Waals surface area contributed by atoms with Crippen molar-refractivity contribution < 1.29 is 4.79 Å². The number of carbonyl (C=O) groups is 1. The number of nitrogens with zero attached hydrogens (tertiary/aromatic N) is 4. The van der Waals surface area contributed by atoms with E-state index in [0.717, 1.165) is 60.2 Å². The maximum absolute atomic E-state index is 13.1. The van der Waals surface area contributed by atoms with Crippen LogP contribution in [0.3, 0.4) is 0 Å². The molecule has 2 N–H and O–H groups in total. The maximum atomic E-state index is 13.1. The van der Waals surface area contributed by atoms with Gasteiger partial charge in [0.25, 0.3) is 5.91 Å². The lowest BCUT2D eigenvalue weighted by molar-refractivity contribution is 0.0784. The molecule has 7 nitrogen and oxygen atoms in total. The number of fused-ring (bicyclic) bond motifs is 2. The number of benzene rings is 1. The van der Waals surface area contributed by atoms with E-state index in [-0.39, 0.29) is 11.9 Å². The van der Waals surface area contributed by atoms with Gasteiger partial charge in [-0.25, -0.2) is 9.97 Å². The number of rotatable bonds is 3. The first kappa shape index (κ1) is 17.2. The Morgan fingerprint density at radius 2 is 2.04 bits per heavy atom. The number of amides is 1. The predicted octanol–water partition coefficient (Wildman–Crippen LogP) is 2.95. The summed E-state index contributed by atoms with van der Waals surface area (Å²) in [6.07, 6.45) is 7.97. The number of hydrogen-bond acceptors (Lipinski definition) is 5. The topological polar surface area (TPSA) is 86.8 Å². The molecule has 0 bridgehead atoms. The van der Waals surface area contributed by atoms with Gasteiger partial charge in [0.15, 0.2) is 5.69 Å². The fraction of sp³-hybridized carbons (Fsp3) is 0.429. The van der Waals surface area contributed by atoms with Crippen LogP contribution in [0.2, 0.25) is 0 Å². The van der Waals surface area contributed by atoms with Crippen LogP contribution in [-0.4, -0.2) is 50.1 Å². The van der Waals surface area contributed by atoms with Crippen LogP contribution < -0.4 is 5.32 Å². The second-order valence-electron chi connectivity index (χ2n) is 7.71. The summed E-state index contributed by atoms with van der Waals surface area (Å²) >= 11 is 0. The van der Waals surface area contributed by atoms with Crippen molar-refractivity contribution in [2.75, 3.05) is 18.4 Å². The van der Waals surface area contributed by atoms with E-state index in [1.54, 1.807) is 6.33 Å². The van der Waals surface area contributed by atoms with E-state index < -0.39 is 0 Å². The molecule has 144 valence electrons. The Kier molecular flexibility index (Phi) is 4.43. The van der Waals surface area contributed by atoms with E-state index in [4.69, 9.17) is 0 Å². The molecule has 0 unspecified atom stereocenters. The van der Waals surface area contributed by atoms with Crippen LogP contribution in [0.25, 0.3) is 10.9 Å². The second kappa shape index (κ2) is 7.22. The zero-order valence-corrected chi connectivity index (χ0v) is 15.8. The summed E-state index contributed by atoms with van der Waals surface area (Å²) < 4.78 is 0. The average molecular weight is 376 g/mol. The second-order valence-corrected chi connectivity index (χ2v) is 7.71. The van der Waals surface area contributed by atoms with Gasteiger partial charge < -0.3 is 10.2 Å². The number of nitrogens with one attached hydrogen (secondary N) is 2. The Bertz CT molecular complexity index is 1010. The number of anilines is 1. The third kappa shape index (κ3) is 3.10. The highest BCUT2D eigenvalue weighted by Gasteiger charge is 2.31. The molecule has 7 heteroatoms. The van der Waals surface area contributed by atoms with Gasteiger partial charge in [-0.05, 0) is 44.2 Å². The SMILES string of the molecule is O=C(c1n[nH]c2c1CCCCC2)N1CC[C@@H](Nc2ncnc3ccccc23)C1. The zero-order valence-electron chi connectivity index (χ0n) is 15.8. The van der Waals surface area contributed by atoms with Crippen molar-refractivity contribution in [1.29, 1.82) is 0 Å². The van der Waals surface area contributed by atoms with E-state index in [9.17, 15) is 4.79 Å². The quantitative estimate of drug-likeness (QED) is 0.687. The summed E-state index contributed by atoms with van der Waals surface area (Å²) in [4.78, 5) is 23.7. The Balaban J connectivity index is 1.31. The smallest absolute Gasteiger partial charge is 0.274 e. The van der Waals surface area contributed by atoms with Crippen molar-refractivity contribution in [2.24, 2.45) is 0 Å². The van der Waals surface area contributed by atoms with E-state index in [1.165, 1.54) is 12.8 Å². The minimum absolute atomic E-state index is 0.0521. The lowest BCUT2D eigenvalue weighted by atomic mass is 10.1. The van der Waals surface area contributed by atoms with Gasteiger partial charge in [0, 0.05) is 35.8 Å². The van der Waals surface area contributed by atoms with Crippen molar-refractivity contribution in [3.63, 3.8) is 0 Å².